The van der Waals surface area contributed by atoms with Crippen molar-refractivity contribution in [1.82, 2.24) is 4.57 Å². The number of fused-ring (bicyclic) bond motifs is 1. The van der Waals surface area contributed by atoms with Crippen molar-refractivity contribution in [2.24, 2.45) is 0 Å². The summed E-state index contributed by atoms with van der Waals surface area (Å²) >= 11 is 12.7. The lowest BCUT2D eigenvalue weighted by Gasteiger charge is -2.09. The molecule has 0 radical (unpaired) electrons. The molecule has 0 fully saturated rings. The van der Waals surface area contributed by atoms with Crippen molar-refractivity contribution in [2.75, 3.05) is 0 Å². The predicted molar refractivity (Wildman–Crippen MR) is 93.5 cm³/mol. The number of para-hydroxylation sites is 1. The molecule has 0 amide bonds. The van der Waals surface area contributed by atoms with E-state index in [4.69, 9.17) is 23.2 Å². The number of nitro groups is 1. The van der Waals surface area contributed by atoms with E-state index in [1.165, 1.54) is 6.08 Å². The molecule has 6 heteroatoms. The molecular formula is C17H12Cl2N2O2. The van der Waals surface area contributed by atoms with Crippen molar-refractivity contribution < 1.29 is 4.92 Å². The minimum atomic E-state index is -0.503. The molecule has 1 aromatic heterocycles. The summed E-state index contributed by atoms with van der Waals surface area (Å²) < 4.78 is 1.90. The molecule has 0 aliphatic carbocycles. The maximum atomic E-state index is 10.6. The number of halogens is 2. The van der Waals surface area contributed by atoms with Crippen molar-refractivity contribution in [1.29, 1.82) is 0 Å². The van der Waals surface area contributed by atoms with Gasteiger partial charge in [-0.15, -0.1) is 0 Å². The molecule has 0 spiro atoms. The summed E-state index contributed by atoms with van der Waals surface area (Å²) in [5, 5.41) is 12.6. The number of hydrogen-bond acceptors (Lipinski definition) is 2. The van der Waals surface area contributed by atoms with E-state index < -0.39 is 4.92 Å². The fraction of sp³-hybridized carbons (Fsp3) is 0.0588. The van der Waals surface area contributed by atoms with Gasteiger partial charge in [-0.3, -0.25) is 10.1 Å². The highest BCUT2D eigenvalue weighted by molar-refractivity contribution is 6.33. The second-order valence-electron chi connectivity index (χ2n) is 5.00. The Kier molecular flexibility index (Phi) is 4.37. The molecule has 4 nitrogen and oxygen atoms in total. The van der Waals surface area contributed by atoms with Crippen LogP contribution in [0.15, 0.2) is 54.7 Å². The molecule has 3 aromatic rings. The van der Waals surface area contributed by atoms with Gasteiger partial charge < -0.3 is 4.57 Å². The van der Waals surface area contributed by atoms with Crippen molar-refractivity contribution >= 4 is 40.2 Å². The minimum Gasteiger partial charge on any atom is -0.327 e. The first-order valence-corrected chi connectivity index (χ1v) is 7.65. The lowest BCUT2D eigenvalue weighted by molar-refractivity contribution is -0.400. The fourth-order valence-corrected chi connectivity index (χ4v) is 3.06. The van der Waals surface area contributed by atoms with Crippen molar-refractivity contribution in [3.8, 4) is 0 Å². The largest absolute Gasteiger partial charge is 0.327 e. The summed E-state index contributed by atoms with van der Waals surface area (Å²) in [6, 6.07) is 15.1. The van der Waals surface area contributed by atoms with E-state index in [9.17, 15) is 10.1 Å². The van der Waals surface area contributed by atoms with Crippen LogP contribution in [0.25, 0.3) is 17.0 Å². The average molecular weight is 347 g/mol. The Morgan fingerprint density at radius 3 is 2.52 bits per heavy atom. The number of aromatic nitrogens is 1. The Morgan fingerprint density at radius 2 is 1.78 bits per heavy atom. The number of benzene rings is 2. The van der Waals surface area contributed by atoms with Crippen LogP contribution in [0.2, 0.25) is 10.2 Å². The van der Waals surface area contributed by atoms with Crippen molar-refractivity contribution in [3.05, 3.63) is 86.1 Å². The summed E-state index contributed by atoms with van der Waals surface area (Å²) in [5.74, 6) is 0. The molecule has 0 saturated heterocycles. The number of hydrogen-bond donors (Lipinski definition) is 0. The first-order chi connectivity index (χ1) is 11.1. The van der Waals surface area contributed by atoms with Crippen LogP contribution in [0, 0.1) is 10.1 Å². The molecular weight excluding hydrogens is 335 g/mol. The van der Waals surface area contributed by atoms with Gasteiger partial charge in [0, 0.05) is 22.0 Å². The molecule has 0 aliphatic rings. The molecule has 0 atom stereocenters. The third-order valence-electron chi connectivity index (χ3n) is 3.59. The first kappa shape index (κ1) is 15.6. The Labute approximate surface area is 142 Å². The molecule has 0 saturated carbocycles. The number of nitrogens with zero attached hydrogens (tertiary/aromatic N) is 2. The van der Waals surface area contributed by atoms with Gasteiger partial charge in [-0.2, -0.15) is 0 Å². The van der Waals surface area contributed by atoms with Crippen LogP contribution in [-0.2, 0) is 6.54 Å². The Hall–Kier alpha value is -2.30. The van der Waals surface area contributed by atoms with E-state index in [0.717, 1.165) is 22.7 Å². The molecule has 0 N–H and O–H groups in total. The van der Waals surface area contributed by atoms with E-state index in [2.05, 4.69) is 0 Å². The first-order valence-electron chi connectivity index (χ1n) is 6.90. The topological polar surface area (TPSA) is 48.1 Å². The van der Waals surface area contributed by atoms with Crippen LogP contribution in [0.1, 0.15) is 11.1 Å². The second-order valence-corrected chi connectivity index (χ2v) is 5.77. The molecule has 116 valence electrons. The molecule has 23 heavy (non-hydrogen) atoms. The van der Waals surface area contributed by atoms with Crippen LogP contribution in [-0.4, -0.2) is 9.49 Å². The summed E-state index contributed by atoms with van der Waals surface area (Å²) in [4.78, 5) is 10.1. The lowest BCUT2D eigenvalue weighted by atomic mass is 10.2. The Morgan fingerprint density at radius 1 is 1.09 bits per heavy atom. The fourth-order valence-electron chi connectivity index (χ4n) is 2.54. The minimum absolute atomic E-state index is 0.448. The summed E-state index contributed by atoms with van der Waals surface area (Å²) in [5.41, 5.74) is 2.47. The van der Waals surface area contributed by atoms with E-state index in [1.54, 1.807) is 0 Å². The summed E-state index contributed by atoms with van der Waals surface area (Å²) in [6.45, 7) is 0.491. The van der Waals surface area contributed by atoms with Gasteiger partial charge >= 0.3 is 0 Å². The van der Waals surface area contributed by atoms with Gasteiger partial charge in [-0.1, -0.05) is 59.6 Å². The Balaban J connectivity index is 2.16. The van der Waals surface area contributed by atoms with Gasteiger partial charge in [-0.25, -0.2) is 0 Å². The van der Waals surface area contributed by atoms with Crippen molar-refractivity contribution in [3.63, 3.8) is 0 Å². The zero-order chi connectivity index (χ0) is 16.4. The van der Waals surface area contributed by atoms with Gasteiger partial charge in [-0.05, 0) is 17.7 Å². The van der Waals surface area contributed by atoms with Crippen molar-refractivity contribution in [2.45, 2.75) is 6.54 Å². The molecule has 2 aromatic carbocycles. The van der Waals surface area contributed by atoms with Gasteiger partial charge in [0.25, 0.3) is 0 Å². The second kappa shape index (κ2) is 6.44. The molecule has 0 bridgehead atoms. The zero-order valence-electron chi connectivity index (χ0n) is 11.9. The monoisotopic (exact) mass is 346 g/mol. The van der Waals surface area contributed by atoms with Crippen LogP contribution >= 0.6 is 23.2 Å². The number of rotatable bonds is 4. The predicted octanol–water partition coefficient (Wildman–Crippen LogP) is 5.24. The highest BCUT2D eigenvalue weighted by Crippen LogP contribution is 2.32. The quantitative estimate of drug-likeness (QED) is 0.478. The molecule has 0 unspecified atom stereocenters. The normalized spacial score (nSPS) is 11.4. The Bertz CT molecular complexity index is 916. The van der Waals surface area contributed by atoms with E-state index >= 15 is 0 Å². The molecule has 3 rings (SSSR count). The van der Waals surface area contributed by atoms with E-state index in [1.807, 2.05) is 53.1 Å². The average Bonchev–Trinajstić information content (AvgIpc) is 2.80. The highest BCUT2D eigenvalue weighted by Gasteiger charge is 2.15. The van der Waals surface area contributed by atoms with E-state index in [-0.39, 0.29) is 0 Å². The third-order valence-corrected chi connectivity index (χ3v) is 4.37. The molecule has 0 aliphatic heterocycles. The van der Waals surface area contributed by atoms with Gasteiger partial charge in [0.2, 0.25) is 6.20 Å². The summed E-state index contributed by atoms with van der Waals surface area (Å²) in [6.07, 6.45) is 2.32. The lowest BCUT2D eigenvalue weighted by Crippen LogP contribution is -2.00. The maximum Gasteiger partial charge on any atom is 0.235 e. The van der Waals surface area contributed by atoms with Gasteiger partial charge in [0.1, 0.15) is 5.15 Å². The zero-order valence-corrected chi connectivity index (χ0v) is 13.5. The van der Waals surface area contributed by atoms with Crippen LogP contribution in [0.4, 0.5) is 0 Å². The molecule has 1 heterocycles. The SMILES string of the molecule is O=[N+]([O-])/C=C/c1c(Cl)n(Cc2ccccc2Cl)c2ccccc12. The summed E-state index contributed by atoms with van der Waals surface area (Å²) in [7, 11) is 0. The van der Waals surface area contributed by atoms with Crippen LogP contribution < -0.4 is 0 Å². The van der Waals surface area contributed by atoms with Gasteiger partial charge in [0.15, 0.2) is 0 Å². The smallest absolute Gasteiger partial charge is 0.235 e. The third kappa shape index (κ3) is 3.09. The van der Waals surface area contributed by atoms with E-state index in [0.29, 0.717) is 22.3 Å². The highest BCUT2D eigenvalue weighted by atomic mass is 35.5. The maximum absolute atomic E-state index is 10.6. The standard InChI is InChI=1S/C17H12Cl2N2O2/c18-15-7-3-1-5-12(15)11-20-16-8-4-2-6-13(16)14(17(20)19)9-10-21(22)23/h1-10H,11H2/b10-9+. The van der Waals surface area contributed by atoms with Gasteiger partial charge in [0.05, 0.1) is 17.0 Å². The van der Waals surface area contributed by atoms with Crippen LogP contribution in [0.5, 0.6) is 0 Å². The van der Waals surface area contributed by atoms with Crippen LogP contribution in [0.3, 0.4) is 0 Å².